The van der Waals surface area contributed by atoms with Gasteiger partial charge in [0.05, 0.1) is 0 Å². The third-order valence-corrected chi connectivity index (χ3v) is 3.52. The van der Waals surface area contributed by atoms with Gasteiger partial charge in [-0.25, -0.2) is 0 Å². The van der Waals surface area contributed by atoms with E-state index in [4.69, 9.17) is 5.73 Å². The molecule has 0 saturated carbocycles. The summed E-state index contributed by atoms with van der Waals surface area (Å²) in [4.78, 5) is 10.4. The van der Waals surface area contributed by atoms with Crippen molar-refractivity contribution in [3.8, 4) is 0 Å². The monoisotopic (exact) mass is 245 g/mol. The van der Waals surface area contributed by atoms with Crippen molar-refractivity contribution < 1.29 is 4.79 Å². The van der Waals surface area contributed by atoms with Gasteiger partial charge in [-0.2, -0.15) is 0 Å². The smallest absolute Gasteiger partial charge is 0.276 e. The van der Waals surface area contributed by atoms with Crippen LogP contribution in [-0.4, -0.2) is 11.0 Å². The summed E-state index contributed by atoms with van der Waals surface area (Å²) >= 11 is 1.25. The molecular weight excluding hydrogens is 218 g/mol. The average molecular weight is 245 g/mol. The van der Waals surface area contributed by atoms with Gasteiger partial charge < -0.3 is 5.73 Å². The Balaban J connectivity index is 2.90. The van der Waals surface area contributed by atoms with Gasteiger partial charge in [-0.05, 0) is 6.42 Å². The highest BCUT2D eigenvalue weighted by Gasteiger charge is 1.95. The molecule has 2 nitrogen and oxygen atoms in total. The van der Waals surface area contributed by atoms with Gasteiger partial charge in [0.15, 0.2) is 0 Å². The minimum absolute atomic E-state index is 0.240. The van der Waals surface area contributed by atoms with E-state index in [9.17, 15) is 4.79 Å². The number of carbonyl (C=O) groups is 1. The zero-order valence-electron chi connectivity index (χ0n) is 10.7. The molecule has 0 spiro atoms. The molecule has 0 aromatic carbocycles. The quantitative estimate of drug-likeness (QED) is 0.535. The Hall–Kier alpha value is -0.180. The fourth-order valence-corrected chi connectivity index (χ4v) is 2.31. The fourth-order valence-electron chi connectivity index (χ4n) is 1.76. The Bertz CT molecular complexity index is 162. The standard InChI is InChI=1S/C13H27NOS/c1-2-3-4-5-6-7-8-9-10-11-12-16-13(14)15/h2-12H2,1H3,(H2,14,15). The lowest BCUT2D eigenvalue weighted by atomic mass is 10.1. The average Bonchev–Trinajstić information content (AvgIpc) is 2.25. The second-order valence-electron chi connectivity index (χ2n) is 4.35. The number of unbranched alkanes of at least 4 members (excludes halogenated alkanes) is 9. The van der Waals surface area contributed by atoms with Crippen LogP contribution in [0.2, 0.25) is 0 Å². The molecule has 0 bridgehead atoms. The first-order valence-electron chi connectivity index (χ1n) is 6.69. The van der Waals surface area contributed by atoms with E-state index in [1.54, 1.807) is 0 Å². The van der Waals surface area contributed by atoms with Crippen LogP contribution in [0.3, 0.4) is 0 Å². The number of rotatable bonds is 11. The summed E-state index contributed by atoms with van der Waals surface area (Å²) < 4.78 is 0. The molecule has 2 N–H and O–H groups in total. The largest absolute Gasteiger partial charge is 0.361 e. The third-order valence-electron chi connectivity index (χ3n) is 2.74. The SMILES string of the molecule is CCCCCCCCCCCCSC(N)=O. The highest BCUT2D eigenvalue weighted by atomic mass is 32.2. The molecule has 0 fully saturated rings. The number of primary amides is 1. The number of hydrogen-bond donors (Lipinski definition) is 1. The first-order valence-corrected chi connectivity index (χ1v) is 7.68. The van der Waals surface area contributed by atoms with E-state index in [0.29, 0.717) is 0 Å². The van der Waals surface area contributed by atoms with Crippen LogP contribution >= 0.6 is 11.8 Å². The van der Waals surface area contributed by atoms with Crippen molar-refractivity contribution in [1.29, 1.82) is 0 Å². The summed E-state index contributed by atoms with van der Waals surface area (Å²) in [7, 11) is 0. The van der Waals surface area contributed by atoms with Gasteiger partial charge in [0.25, 0.3) is 5.24 Å². The number of amides is 1. The molecule has 0 aliphatic rings. The molecule has 0 heterocycles. The van der Waals surface area contributed by atoms with Crippen molar-refractivity contribution >= 4 is 17.0 Å². The van der Waals surface area contributed by atoms with Crippen molar-refractivity contribution in [2.75, 3.05) is 5.75 Å². The van der Waals surface area contributed by atoms with Crippen LogP contribution in [0.25, 0.3) is 0 Å². The first kappa shape index (κ1) is 15.8. The summed E-state index contributed by atoms with van der Waals surface area (Å²) in [6.45, 7) is 2.25. The van der Waals surface area contributed by atoms with Crippen molar-refractivity contribution in [1.82, 2.24) is 0 Å². The lowest BCUT2D eigenvalue weighted by Gasteiger charge is -2.01. The van der Waals surface area contributed by atoms with Gasteiger partial charge in [-0.3, -0.25) is 4.79 Å². The maximum atomic E-state index is 10.4. The Labute approximate surface area is 105 Å². The molecule has 1 amide bonds. The molecule has 0 aromatic heterocycles. The van der Waals surface area contributed by atoms with E-state index >= 15 is 0 Å². The zero-order valence-corrected chi connectivity index (χ0v) is 11.5. The summed E-state index contributed by atoms with van der Waals surface area (Å²) in [6.07, 6.45) is 13.4. The fraction of sp³-hybridized carbons (Fsp3) is 0.923. The molecule has 0 rings (SSSR count). The maximum absolute atomic E-state index is 10.4. The minimum atomic E-state index is -0.240. The van der Waals surface area contributed by atoms with Crippen molar-refractivity contribution in [2.45, 2.75) is 71.1 Å². The van der Waals surface area contributed by atoms with Crippen LogP contribution in [0.5, 0.6) is 0 Å². The Morgan fingerprint density at radius 1 is 0.875 bits per heavy atom. The highest BCUT2D eigenvalue weighted by molar-refractivity contribution is 8.13. The van der Waals surface area contributed by atoms with Crippen LogP contribution in [0.1, 0.15) is 71.1 Å². The van der Waals surface area contributed by atoms with Gasteiger partial charge in [0.1, 0.15) is 0 Å². The normalized spacial score (nSPS) is 10.6. The second kappa shape index (κ2) is 12.9. The zero-order chi connectivity index (χ0) is 12.1. The molecule has 96 valence electrons. The summed E-state index contributed by atoms with van der Waals surface area (Å²) in [5, 5.41) is -0.240. The molecule has 16 heavy (non-hydrogen) atoms. The molecule has 0 aliphatic carbocycles. The van der Waals surface area contributed by atoms with E-state index < -0.39 is 0 Å². The number of thioether (sulfide) groups is 1. The molecule has 3 heteroatoms. The minimum Gasteiger partial charge on any atom is -0.361 e. The maximum Gasteiger partial charge on any atom is 0.276 e. The van der Waals surface area contributed by atoms with Crippen LogP contribution in [-0.2, 0) is 0 Å². The predicted octanol–water partition coefficient (Wildman–Crippen LogP) is 4.72. The van der Waals surface area contributed by atoms with Crippen LogP contribution < -0.4 is 5.73 Å². The van der Waals surface area contributed by atoms with E-state index in [1.165, 1.54) is 69.5 Å². The van der Waals surface area contributed by atoms with Crippen molar-refractivity contribution in [3.63, 3.8) is 0 Å². The second-order valence-corrected chi connectivity index (χ2v) is 5.45. The van der Waals surface area contributed by atoms with Gasteiger partial charge in [0, 0.05) is 5.75 Å². The molecule has 0 aliphatic heterocycles. The Kier molecular flexibility index (Phi) is 12.7. The molecule has 0 radical (unpaired) electrons. The molecule has 0 unspecified atom stereocenters. The number of carbonyl (C=O) groups excluding carboxylic acids is 1. The third kappa shape index (κ3) is 13.8. The van der Waals surface area contributed by atoms with E-state index in [2.05, 4.69) is 6.92 Å². The Morgan fingerprint density at radius 3 is 1.75 bits per heavy atom. The van der Waals surface area contributed by atoms with Crippen molar-refractivity contribution in [3.05, 3.63) is 0 Å². The lowest BCUT2D eigenvalue weighted by Crippen LogP contribution is -2.02. The predicted molar refractivity (Wildman–Crippen MR) is 73.9 cm³/mol. The van der Waals surface area contributed by atoms with E-state index in [1.807, 2.05) is 0 Å². The number of hydrogen-bond acceptors (Lipinski definition) is 2. The number of nitrogens with two attached hydrogens (primary N) is 1. The summed E-state index contributed by atoms with van der Waals surface area (Å²) in [6, 6.07) is 0. The Morgan fingerprint density at radius 2 is 1.31 bits per heavy atom. The summed E-state index contributed by atoms with van der Waals surface area (Å²) in [5.41, 5.74) is 5.04. The summed E-state index contributed by atoms with van der Waals surface area (Å²) in [5.74, 6) is 0.895. The topological polar surface area (TPSA) is 43.1 Å². The van der Waals surface area contributed by atoms with E-state index in [0.717, 1.165) is 12.2 Å². The van der Waals surface area contributed by atoms with Crippen LogP contribution in [0, 0.1) is 0 Å². The molecule has 0 atom stereocenters. The van der Waals surface area contributed by atoms with Gasteiger partial charge >= 0.3 is 0 Å². The highest BCUT2D eigenvalue weighted by Crippen LogP contribution is 2.12. The van der Waals surface area contributed by atoms with Gasteiger partial charge in [0.2, 0.25) is 0 Å². The van der Waals surface area contributed by atoms with Gasteiger partial charge in [-0.15, -0.1) is 0 Å². The molecule has 0 aromatic rings. The van der Waals surface area contributed by atoms with Crippen molar-refractivity contribution in [2.24, 2.45) is 5.73 Å². The van der Waals surface area contributed by atoms with Crippen LogP contribution in [0.4, 0.5) is 4.79 Å². The first-order chi connectivity index (χ1) is 7.77. The van der Waals surface area contributed by atoms with Crippen LogP contribution in [0.15, 0.2) is 0 Å². The van der Waals surface area contributed by atoms with Gasteiger partial charge in [-0.1, -0.05) is 76.5 Å². The van der Waals surface area contributed by atoms with E-state index in [-0.39, 0.29) is 5.24 Å². The lowest BCUT2D eigenvalue weighted by molar-refractivity contribution is 0.267. The molecule has 0 saturated heterocycles. The molecular formula is C13H27NOS.